The van der Waals surface area contributed by atoms with E-state index < -0.39 is 0 Å². The molecule has 2 rings (SSSR count). The lowest BCUT2D eigenvalue weighted by molar-refractivity contribution is 1.55. The summed E-state index contributed by atoms with van der Waals surface area (Å²) in [6, 6.07) is 5.89. The Morgan fingerprint density at radius 3 is 3.09 bits per heavy atom. The van der Waals surface area contributed by atoms with Gasteiger partial charge >= 0.3 is 0 Å². The topological polar surface area (TPSA) is 38.4 Å². The summed E-state index contributed by atoms with van der Waals surface area (Å²) in [6.07, 6.45) is 2.10. The van der Waals surface area contributed by atoms with Gasteiger partial charge in [-0.15, -0.1) is 0 Å². The van der Waals surface area contributed by atoms with Crippen LogP contribution >= 0.6 is 21.0 Å². The van der Waals surface area contributed by atoms with Crippen molar-refractivity contribution < 1.29 is 0 Å². The molecule has 0 fully saturated rings. The standard InChI is InChI=1S/C8H7IN2/c10-7-3-1-2-6-4-5-9-11-8(6)7/h1-5H,10H2. The van der Waals surface area contributed by atoms with E-state index in [1.54, 1.807) is 0 Å². The highest BCUT2D eigenvalue weighted by Crippen LogP contribution is 2.34. The molecule has 0 saturated heterocycles. The maximum Gasteiger partial charge on any atom is 0.0992 e. The Bertz CT molecular complexity index is 342. The molecule has 1 aromatic carbocycles. The highest BCUT2D eigenvalue weighted by molar-refractivity contribution is 14.2. The van der Waals surface area contributed by atoms with E-state index in [0.717, 1.165) is 16.9 Å². The van der Waals surface area contributed by atoms with Crippen molar-refractivity contribution in [3.8, 4) is 0 Å². The number of nitrogens with two attached hydrogens (primary N) is 1. The summed E-state index contributed by atoms with van der Waals surface area (Å²) < 4.78 is 6.53. The molecule has 3 heteroatoms. The fraction of sp³-hybridized carbons (Fsp3) is 0. The summed E-state index contributed by atoms with van der Waals surface area (Å²) in [7, 11) is 0. The van der Waals surface area contributed by atoms with Crippen LogP contribution in [0.4, 0.5) is 11.4 Å². The monoisotopic (exact) mass is 258 g/mol. The second-order valence-electron chi connectivity index (χ2n) is 2.26. The van der Waals surface area contributed by atoms with Crippen LogP contribution in [0.25, 0.3) is 6.08 Å². The summed E-state index contributed by atoms with van der Waals surface area (Å²) in [4.78, 5) is 0. The van der Waals surface area contributed by atoms with Gasteiger partial charge in [0, 0.05) is 26.6 Å². The highest BCUT2D eigenvalue weighted by Gasteiger charge is 2.03. The minimum absolute atomic E-state index is 0.127. The third-order valence-corrected chi connectivity index (χ3v) is 2.97. The molecule has 0 radical (unpaired) electrons. The molecule has 0 saturated carbocycles. The van der Waals surface area contributed by atoms with Crippen molar-refractivity contribution in [2.75, 3.05) is 5.73 Å². The molecule has 0 aliphatic carbocycles. The number of halogens is 1. The van der Waals surface area contributed by atoms with Crippen molar-refractivity contribution in [3.63, 3.8) is 0 Å². The average Bonchev–Trinajstić information content (AvgIpc) is 2.06. The van der Waals surface area contributed by atoms with Crippen molar-refractivity contribution in [1.82, 2.24) is 0 Å². The van der Waals surface area contributed by atoms with Gasteiger partial charge in [-0.2, -0.15) is 0 Å². The first-order chi connectivity index (χ1) is 5.38. The lowest BCUT2D eigenvalue weighted by Crippen LogP contribution is -1.86. The maximum atomic E-state index is 5.73. The molecular weight excluding hydrogens is 251 g/mol. The van der Waals surface area contributed by atoms with Crippen LogP contribution < -0.4 is 5.73 Å². The Morgan fingerprint density at radius 2 is 2.27 bits per heavy atom. The third-order valence-electron chi connectivity index (χ3n) is 1.53. The van der Waals surface area contributed by atoms with Crippen LogP contribution in [0.5, 0.6) is 0 Å². The number of benzene rings is 1. The smallest absolute Gasteiger partial charge is 0.0992 e. The average molecular weight is 258 g/mol. The lowest BCUT2D eigenvalue weighted by Gasteiger charge is -2.05. The van der Waals surface area contributed by atoms with E-state index in [1.165, 1.54) is 0 Å². The van der Waals surface area contributed by atoms with Crippen LogP contribution in [0.15, 0.2) is 25.4 Å². The number of fused-ring (bicyclic) bond motifs is 1. The molecular formula is C8H7IN2. The van der Waals surface area contributed by atoms with E-state index in [-0.39, 0.29) is 21.0 Å². The van der Waals surface area contributed by atoms with Crippen LogP contribution in [0.2, 0.25) is 0 Å². The van der Waals surface area contributed by atoms with Crippen molar-refractivity contribution in [3.05, 3.63) is 27.8 Å². The quantitative estimate of drug-likeness (QED) is 0.563. The molecule has 2 nitrogen and oxygen atoms in total. The minimum Gasteiger partial charge on any atom is -0.397 e. The largest absolute Gasteiger partial charge is 0.397 e. The second kappa shape index (κ2) is 2.73. The summed E-state index contributed by atoms with van der Waals surface area (Å²) in [5.74, 6) is 0. The molecule has 11 heavy (non-hydrogen) atoms. The number of hydrogen-bond acceptors (Lipinski definition) is 2. The first kappa shape index (κ1) is 6.97. The van der Waals surface area contributed by atoms with Gasteiger partial charge < -0.3 is 5.73 Å². The third kappa shape index (κ3) is 1.20. The normalized spacial score (nSPS) is 13.8. The summed E-state index contributed by atoms with van der Waals surface area (Å²) >= 11 is -0.127. The fourth-order valence-electron chi connectivity index (χ4n) is 0.985. The Hall–Kier alpha value is -0.710. The molecule has 0 amide bonds. The second-order valence-corrected chi connectivity index (χ2v) is 4.02. The molecule has 56 valence electrons. The van der Waals surface area contributed by atoms with Gasteiger partial charge in [-0.3, -0.25) is 0 Å². The van der Waals surface area contributed by atoms with Gasteiger partial charge in [-0.25, -0.2) is 3.15 Å². The van der Waals surface area contributed by atoms with Gasteiger partial charge in [-0.05, 0) is 16.2 Å². The summed E-state index contributed by atoms with van der Waals surface area (Å²) in [6.45, 7) is 0. The van der Waals surface area contributed by atoms with E-state index in [0.29, 0.717) is 0 Å². The highest BCUT2D eigenvalue weighted by atomic mass is 127. The van der Waals surface area contributed by atoms with Crippen LogP contribution in [-0.4, -0.2) is 0 Å². The summed E-state index contributed by atoms with van der Waals surface area (Å²) in [5, 5.41) is 0. The molecule has 0 unspecified atom stereocenters. The molecule has 0 spiro atoms. The van der Waals surface area contributed by atoms with Gasteiger partial charge in [0.05, 0.1) is 11.4 Å². The van der Waals surface area contributed by atoms with Gasteiger partial charge in [-0.1, -0.05) is 12.1 Å². The zero-order valence-electron chi connectivity index (χ0n) is 5.79. The Labute approximate surface area is 75.3 Å². The van der Waals surface area contributed by atoms with Gasteiger partial charge in [0.1, 0.15) is 0 Å². The van der Waals surface area contributed by atoms with Crippen LogP contribution in [-0.2, 0) is 0 Å². The molecule has 1 aliphatic rings. The lowest BCUT2D eigenvalue weighted by atomic mass is 10.1. The van der Waals surface area contributed by atoms with Crippen molar-refractivity contribution in [1.29, 1.82) is 0 Å². The van der Waals surface area contributed by atoms with Crippen LogP contribution in [0.3, 0.4) is 0 Å². The van der Waals surface area contributed by atoms with Crippen LogP contribution in [0.1, 0.15) is 5.56 Å². The van der Waals surface area contributed by atoms with E-state index >= 15 is 0 Å². The summed E-state index contributed by atoms with van der Waals surface area (Å²) in [5.41, 5.74) is 8.67. The van der Waals surface area contributed by atoms with Crippen molar-refractivity contribution in [2.45, 2.75) is 0 Å². The molecule has 1 heterocycles. The zero-order valence-corrected chi connectivity index (χ0v) is 7.95. The SMILES string of the molecule is Nc1cccc2c1N=IC=C2. The van der Waals surface area contributed by atoms with E-state index in [2.05, 4.69) is 13.3 Å². The van der Waals surface area contributed by atoms with Crippen LogP contribution in [0, 0.1) is 0 Å². The fourth-order valence-corrected chi connectivity index (χ4v) is 2.53. The first-order valence-electron chi connectivity index (χ1n) is 3.27. The first-order valence-corrected chi connectivity index (χ1v) is 5.48. The minimum atomic E-state index is -0.127. The van der Waals surface area contributed by atoms with Crippen molar-refractivity contribution >= 4 is 38.5 Å². The van der Waals surface area contributed by atoms with Gasteiger partial charge in [0.2, 0.25) is 0 Å². The number of anilines is 1. The number of rotatable bonds is 0. The van der Waals surface area contributed by atoms with E-state index in [1.807, 2.05) is 18.2 Å². The Balaban J connectivity index is 2.70. The molecule has 1 aromatic rings. The maximum absolute atomic E-state index is 5.73. The van der Waals surface area contributed by atoms with Gasteiger partial charge in [0.15, 0.2) is 0 Å². The molecule has 0 bridgehead atoms. The molecule has 0 aromatic heterocycles. The van der Waals surface area contributed by atoms with E-state index in [9.17, 15) is 0 Å². The zero-order chi connectivity index (χ0) is 7.68. The Kier molecular flexibility index (Phi) is 1.73. The van der Waals surface area contributed by atoms with E-state index in [4.69, 9.17) is 5.73 Å². The predicted molar refractivity (Wildman–Crippen MR) is 56.0 cm³/mol. The molecule has 0 atom stereocenters. The van der Waals surface area contributed by atoms with Crippen molar-refractivity contribution in [2.24, 2.45) is 3.15 Å². The Morgan fingerprint density at radius 1 is 1.36 bits per heavy atom. The predicted octanol–water partition coefficient (Wildman–Crippen LogP) is 3.04. The number of nitrogens with zero attached hydrogens (tertiary/aromatic N) is 1. The number of hydrogen-bond donors (Lipinski definition) is 1. The number of nitrogen functional groups attached to an aromatic ring is 1. The molecule has 1 aliphatic heterocycles. The van der Waals surface area contributed by atoms with Gasteiger partial charge in [0.25, 0.3) is 0 Å². The molecule has 2 N–H and O–H groups in total.